The summed E-state index contributed by atoms with van der Waals surface area (Å²) in [5, 5.41) is 3.80. The lowest BCUT2D eigenvalue weighted by Gasteiger charge is -2.17. The van der Waals surface area contributed by atoms with Crippen molar-refractivity contribution in [3.8, 4) is 0 Å². The number of rotatable bonds is 5. The number of para-hydroxylation sites is 1. The van der Waals surface area contributed by atoms with Gasteiger partial charge in [0.25, 0.3) is 0 Å². The van der Waals surface area contributed by atoms with Crippen LogP contribution >= 0.6 is 23.4 Å². The molecule has 0 aliphatic heterocycles. The zero-order chi connectivity index (χ0) is 16.8. The van der Waals surface area contributed by atoms with Gasteiger partial charge in [-0.3, -0.25) is 4.79 Å². The predicted molar refractivity (Wildman–Crippen MR) is 99.4 cm³/mol. The first-order chi connectivity index (χ1) is 11.7. The van der Waals surface area contributed by atoms with E-state index in [-0.39, 0.29) is 5.91 Å². The Morgan fingerprint density at radius 3 is 2.38 bits per heavy atom. The van der Waals surface area contributed by atoms with Gasteiger partial charge in [-0.15, -0.1) is 0 Å². The maximum Gasteiger partial charge on any atom is 0.242 e. The van der Waals surface area contributed by atoms with Gasteiger partial charge in [-0.05, 0) is 29.8 Å². The van der Waals surface area contributed by atoms with Crippen LogP contribution in [-0.4, -0.2) is 10.9 Å². The van der Waals surface area contributed by atoms with E-state index >= 15 is 0 Å². The zero-order valence-corrected chi connectivity index (χ0v) is 14.3. The van der Waals surface area contributed by atoms with Crippen molar-refractivity contribution < 1.29 is 4.79 Å². The summed E-state index contributed by atoms with van der Waals surface area (Å²) in [5.41, 5.74) is 1.52. The van der Waals surface area contributed by atoms with Crippen LogP contribution in [0.4, 0.5) is 5.69 Å². The van der Waals surface area contributed by atoms with Crippen molar-refractivity contribution in [2.45, 2.75) is 10.3 Å². The van der Waals surface area contributed by atoms with Crippen molar-refractivity contribution in [1.29, 1.82) is 0 Å². The number of amides is 1. The lowest BCUT2D eigenvalue weighted by Crippen LogP contribution is -2.19. The standard InChI is InChI=1S/C19H15ClN2OS/c20-15-10-4-5-11-16(15)22-19(23)18(14-8-2-1-3-9-14)24-17-12-6-7-13-21-17/h1-13,18H,(H,22,23). The maximum atomic E-state index is 12.9. The van der Waals surface area contributed by atoms with E-state index in [1.165, 1.54) is 11.8 Å². The summed E-state index contributed by atoms with van der Waals surface area (Å²) in [7, 11) is 0. The number of hydrogen-bond acceptors (Lipinski definition) is 3. The number of carbonyl (C=O) groups excluding carboxylic acids is 1. The highest BCUT2D eigenvalue weighted by Gasteiger charge is 2.23. The average Bonchev–Trinajstić information content (AvgIpc) is 2.63. The van der Waals surface area contributed by atoms with Gasteiger partial charge in [0.2, 0.25) is 5.91 Å². The second-order valence-corrected chi connectivity index (χ2v) is 6.58. The Bertz CT molecular complexity index is 812. The molecule has 0 aliphatic rings. The molecule has 0 spiro atoms. The molecule has 0 saturated carbocycles. The van der Waals surface area contributed by atoms with Gasteiger partial charge in [0.1, 0.15) is 5.25 Å². The van der Waals surface area contributed by atoms with Gasteiger partial charge in [-0.1, -0.05) is 71.9 Å². The topological polar surface area (TPSA) is 42.0 Å². The number of halogens is 1. The molecule has 24 heavy (non-hydrogen) atoms. The largest absolute Gasteiger partial charge is 0.323 e. The van der Waals surface area contributed by atoms with Crippen molar-refractivity contribution in [1.82, 2.24) is 4.98 Å². The summed E-state index contributed by atoms with van der Waals surface area (Å²) in [6, 6.07) is 22.5. The number of aromatic nitrogens is 1. The maximum absolute atomic E-state index is 12.9. The van der Waals surface area contributed by atoms with E-state index in [4.69, 9.17) is 11.6 Å². The second kappa shape index (κ2) is 7.99. The molecule has 0 saturated heterocycles. The summed E-state index contributed by atoms with van der Waals surface area (Å²) in [5.74, 6) is -0.134. The lowest BCUT2D eigenvalue weighted by atomic mass is 10.1. The molecule has 1 N–H and O–H groups in total. The Morgan fingerprint density at radius 1 is 0.958 bits per heavy atom. The fourth-order valence-electron chi connectivity index (χ4n) is 2.20. The molecule has 0 aliphatic carbocycles. The van der Waals surface area contributed by atoms with Gasteiger partial charge in [-0.25, -0.2) is 4.98 Å². The smallest absolute Gasteiger partial charge is 0.242 e. The summed E-state index contributed by atoms with van der Waals surface area (Å²) in [4.78, 5) is 17.2. The Balaban J connectivity index is 1.87. The summed E-state index contributed by atoms with van der Waals surface area (Å²) < 4.78 is 0. The molecule has 1 amide bonds. The van der Waals surface area contributed by atoms with Gasteiger partial charge < -0.3 is 5.32 Å². The van der Waals surface area contributed by atoms with Crippen molar-refractivity contribution in [3.63, 3.8) is 0 Å². The highest BCUT2D eigenvalue weighted by molar-refractivity contribution is 8.00. The van der Waals surface area contributed by atoms with Crippen molar-refractivity contribution >= 4 is 35.0 Å². The molecule has 2 aromatic carbocycles. The Morgan fingerprint density at radius 2 is 1.67 bits per heavy atom. The highest BCUT2D eigenvalue weighted by Crippen LogP contribution is 2.35. The molecule has 1 aromatic heterocycles. The molecule has 1 unspecified atom stereocenters. The Labute approximate surface area is 150 Å². The highest BCUT2D eigenvalue weighted by atomic mass is 35.5. The molecule has 1 heterocycles. The Kier molecular flexibility index (Phi) is 5.51. The number of thioether (sulfide) groups is 1. The van der Waals surface area contributed by atoms with Crippen LogP contribution in [0.15, 0.2) is 84.0 Å². The molecule has 0 fully saturated rings. The molecule has 120 valence electrons. The number of benzene rings is 2. The first-order valence-electron chi connectivity index (χ1n) is 7.42. The molecular formula is C19H15ClN2OS. The molecule has 3 aromatic rings. The normalized spacial score (nSPS) is 11.7. The van der Waals surface area contributed by atoms with E-state index in [1.54, 1.807) is 18.3 Å². The van der Waals surface area contributed by atoms with Gasteiger partial charge in [0.05, 0.1) is 15.7 Å². The quantitative estimate of drug-likeness (QED) is 0.640. The van der Waals surface area contributed by atoms with Crippen LogP contribution < -0.4 is 5.32 Å². The van der Waals surface area contributed by atoms with Crippen LogP contribution in [0.5, 0.6) is 0 Å². The molecule has 3 rings (SSSR count). The summed E-state index contributed by atoms with van der Waals surface area (Å²) >= 11 is 7.55. The van der Waals surface area contributed by atoms with E-state index in [2.05, 4.69) is 10.3 Å². The number of hydrogen-bond donors (Lipinski definition) is 1. The summed E-state index contributed by atoms with van der Waals surface area (Å²) in [6.45, 7) is 0. The number of nitrogens with zero attached hydrogens (tertiary/aromatic N) is 1. The van der Waals surface area contributed by atoms with Crippen LogP contribution in [0.2, 0.25) is 5.02 Å². The van der Waals surface area contributed by atoms with Gasteiger partial charge >= 0.3 is 0 Å². The first kappa shape index (κ1) is 16.6. The number of carbonyl (C=O) groups is 1. The minimum Gasteiger partial charge on any atom is -0.323 e. The predicted octanol–water partition coefficient (Wildman–Crippen LogP) is 5.21. The fraction of sp³-hybridized carbons (Fsp3) is 0.0526. The molecular weight excluding hydrogens is 340 g/mol. The second-order valence-electron chi connectivity index (χ2n) is 5.05. The minimum atomic E-state index is -0.419. The number of pyridine rings is 1. The fourth-order valence-corrected chi connectivity index (χ4v) is 3.36. The number of nitrogens with one attached hydrogen (secondary N) is 1. The van der Waals surface area contributed by atoms with Crippen LogP contribution in [-0.2, 0) is 4.79 Å². The van der Waals surface area contributed by atoms with Gasteiger partial charge in [0.15, 0.2) is 0 Å². The molecule has 5 heteroatoms. The van der Waals surface area contributed by atoms with Crippen LogP contribution in [0.3, 0.4) is 0 Å². The summed E-state index contributed by atoms with van der Waals surface area (Å²) in [6.07, 6.45) is 1.72. The molecule has 0 bridgehead atoms. The molecule has 3 nitrogen and oxygen atoms in total. The average molecular weight is 355 g/mol. The van der Waals surface area contributed by atoms with Crippen molar-refractivity contribution in [2.75, 3.05) is 5.32 Å². The van der Waals surface area contributed by atoms with Crippen LogP contribution in [0.1, 0.15) is 10.8 Å². The molecule has 0 radical (unpaired) electrons. The van der Waals surface area contributed by atoms with E-state index in [9.17, 15) is 4.79 Å². The van der Waals surface area contributed by atoms with E-state index in [0.29, 0.717) is 10.7 Å². The number of anilines is 1. The van der Waals surface area contributed by atoms with Crippen LogP contribution in [0.25, 0.3) is 0 Å². The third-order valence-electron chi connectivity index (χ3n) is 3.35. The van der Waals surface area contributed by atoms with Gasteiger partial charge in [-0.2, -0.15) is 0 Å². The minimum absolute atomic E-state index is 0.134. The third-order valence-corrected chi connectivity index (χ3v) is 4.88. The van der Waals surface area contributed by atoms with Crippen LogP contribution in [0, 0.1) is 0 Å². The SMILES string of the molecule is O=C(Nc1ccccc1Cl)C(Sc1ccccn1)c1ccccc1. The lowest BCUT2D eigenvalue weighted by molar-refractivity contribution is -0.115. The molecule has 1 atom stereocenters. The zero-order valence-electron chi connectivity index (χ0n) is 12.7. The Hall–Kier alpha value is -2.30. The van der Waals surface area contributed by atoms with Crippen molar-refractivity contribution in [3.05, 3.63) is 89.6 Å². The monoisotopic (exact) mass is 354 g/mol. The van der Waals surface area contributed by atoms with E-state index in [1.807, 2.05) is 60.7 Å². The van der Waals surface area contributed by atoms with Crippen molar-refractivity contribution in [2.24, 2.45) is 0 Å². The van der Waals surface area contributed by atoms with Gasteiger partial charge in [0, 0.05) is 6.20 Å². The third kappa shape index (κ3) is 4.16. The van der Waals surface area contributed by atoms with E-state index in [0.717, 1.165) is 10.6 Å². The van der Waals surface area contributed by atoms with E-state index < -0.39 is 5.25 Å². The first-order valence-corrected chi connectivity index (χ1v) is 8.68.